The molecule has 0 N–H and O–H groups in total. The van der Waals surface area contributed by atoms with Gasteiger partial charge in [0, 0.05) is 11.6 Å². The van der Waals surface area contributed by atoms with Crippen molar-refractivity contribution in [1.82, 2.24) is 0 Å². The first kappa shape index (κ1) is 14.5. The maximum Gasteiger partial charge on any atom is 0.355 e. The minimum atomic E-state index is -4.61. The molecule has 1 aromatic rings. The van der Waals surface area contributed by atoms with E-state index in [1.165, 1.54) is 0 Å². The fourth-order valence-electron chi connectivity index (χ4n) is 2.14. The molecule has 3 nitrogen and oxygen atoms in total. The smallest absolute Gasteiger partial charge is 0.265 e. The van der Waals surface area contributed by atoms with E-state index in [2.05, 4.69) is 0 Å². The molecule has 0 unspecified atom stereocenters. The third-order valence-corrected chi connectivity index (χ3v) is 5.01. The number of alkyl halides is 2. The van der Waals surface area contributed by atoms with Crippen molar-refractivity contribution in [2.45, 2.75) is 31.9 Å². The van der Waals surface area contributed by atoms with Crippen LogP contribution in [0.15, 0.2) is 12.1 Å². The van der Waals surface area contributed by atoms with E-state index >= 15 is 0 Å². The average molecular weight is 310 g/mol. The molecule has 0 saturated carbocycles. The summed E-state index contributed by atoms with van der Waals surface area (Å²) in [5, 5.41) is 0.438. The summed E-state index contributed by atoms with van der Waals surface area (Å²) in [7, 11) is -4.61. The zero-order chi connectivity index (χ0) is 14.4. The molecule has 0 radical (unpaired) electrons. The Labute approximate surface area is 116 Å². The summed E-state index contributed by atoms with van der Waals surface area (Å²) in [5.41, 5.74) is 1.74. The predicted octanol–water partition coefficient (Wildman–Crippen LogP) is 3.38. The Morgan fingerprint density at radius 1 is 1.32 bits per heavy atom. The lowest BCUT2D eigenvalue weighted by molar-refractivity contribution is 0.234. The highest BCUT2D eigenvalue weighted by molar-refractivity contribution is 7.93. The summed E-state index contributed by atoms with van der Waals surface area (Å²) in [6, 6.07) is 3.41. The van der Waals surface area contributed by atoms with Crippen LogP contribution in [0.3, 0.4) is 0 Å². The normalized spacial score (nSPS) is 15.4. The van der Waals surface area contributed by atoms with E-state index in [1.807, 2.05) is 13.8 Å². The van der Waals surface area contributed by atoms with Crippen molar-refractivity contribution < 1.29 is 17.2 Å². The van der Waals surface area contributed by atoms with Crippen LogP contribution in [0, 0.1) is 0 Å². The van der Waals surface area contributed by atoms with Gasteiger partial charge >= 0.3 is 5.76 Å². The van der Waals surface area contributed by atoms with Gasteiger partial charge in [-0.2, -0.15) is 8.78 Å². The fraction of sp³-hybridized carbons (Fsp3) is 0.500. The molecule has 0 saturated heterocycles. The number of sulfonamides is 1. The molecule has 1 aliphatic rings. The van der Waals surface area contributed by atoms with Gasteiger partial charge in [-0.15, -0.1) is 0 Å². The van der Waals surface area contributed by atoms with E-state index in [-0.39, 0.29) is 18.2 Å². The molecule has 1 aliphatic heterocycles. The number of hydrogen-bond donors (Lipinski definition) is 0. The third-order valence-electron chi connectivity index (χ3n) is 3.23. The zero-order valence-corrected chi connectivity index (χ0v) is 12.1. The first-order chi connectivity index (χ1) is 8.75. The van der Waals surface area contributed by atoms with Gasteiger partial charge in [-0.05, 0) is 35.6 Å². The van der Waals surface area contributed by atoms with E-state index in [0.717, 1.165) is 9.87 Å². The molecule has 0 aliphatic carbocycles. The van der Waals surface area contributed by atoms with Crippen LogP contribution in [-0.4, -0.2) is 20.7 Å². The number of rotatable bonds is 3. The molecule has 19 heavy (non-hydrogen) atoms. The Morgan fingerprint density at radius 2 is 1.95 bits per heavy atom. The van der Waals surface area contributed by atoms with Crippen LogP contribution in [0.4, 0.5) is 14.5 Å². The molecule has 0 aromatic heterocycles. The molecule has 0 spiro atoms. The van der Waals surface area contributed by atoms with Crippen molar-refractivity contribution in [1.29, 1.82) is 0 Å². The average Bonchev–Trinajstić information content (AvgIpc) is 2.73. The van der Waals surface area contributed by atoms with Crippen molar-refractivity contribution in [3.05, 3.63) is 28.3 Å². The number of fused-ring (bicyclic) bond motifs is 1. The van der Waals surface area contributed by atoms with Crippen LogP contribution >= 0.6 is 11.6 Å². The van der Waals surface area contributed by atoms with Crippen molar-refractivity contribution in [2.24, 2.45) is 0 Å². The molecule has 1 heterocycles. The van der Waals surface area contributed by atoms with Crippen LogP contribution in [-0.2, 0) is 16.4 Å². The zero-order valence-electron chi connectivity index (χ0n) is 10.5. The summed E-state index contributed by atoms with van der Waals surface area (Å²) in [6.45, 7) is 3.88. The molecular weight excluding hydrogens is 296 g/mol. The second-order valence-corrected chi connectivity index (χ2v) is 7.02. The SMILES string of the molecule is CC(C)c1cc(Cl)c2c(c1)N(S(=O)(=O)C(F)F)CC2. The Hall–Kier alpha value is -0.880. The van der Waals surface area contributed by atoms with E-state index < -0.39 is 15.8 Å². The fourth-order valence-corrected chi connectivity index (χ4v) is 3.43. The van der Waals surface area contributed by atoms with Crippen LogP contribution in [0.1, 0.15) is 30.9 Å². The van der Waals surface area contributed by atoms with Gasteiger partial charge in [0.15, 0.2) is 0 Å². The molecule has 0 bridgehead atoms. The number of hydrogen-bond acceptors (Lipinski definition) is 2. The quantitative estimate of drug-likeness (QED) is 0.858. The first-order valence-corrected chi connectivity index (χ1v) is 7.75. The largest absolute Gasteiger partial charge is 0.355 e. The third kappa shape index (κ3) is 2.43. The topological polar surface area (TPSA) is 37.4 Å². The van der Waals surface area contributed by atoms with Crippen molar-refractivity contribution in [3.8, 4) is 0 Å². The summed E-state index contributed by atoms with van der Waals surface area (Å²) in [6.07, 6.45) is 0.360. The molecule has 1 aromatic carbocycles. The van der Waals surface area contributed by atoms with Crippen molar-refractivity contribution in [2.75, 3.05) is 10.8 Å². The minimum Gasteiger partial charge on any atom is -0.265 e. The highest BCUT2D eigenvalue weighted by Crippen LogP contribution is 2.39. The van der Waals surface area contributed by atoms with E-state index in [0.29, 0.717) is 17.0 Å². The van der Waals surface area contributed by atoms with Gasteiger partial charge in [0.05, 0.1) is 5.69 Å². The van der Waals surface area contributed by atoms with Crippen LogP contribution in [0.5, 0.6) is 0 Å². The van der Waals surface area contributed by atoms with Crippen LogP contribution in [0.25, 0.3) is 0 Å². The Balaban J connectivity index is 2.56. The van der Waals surface area contributed by atoms with E-state index in [4.69, 9.17) is 11.6 Å². The second-order valence-electron chi connectivity index (χ2n) is 4.78. The Morgan fingerprint density at radius 3 is 2.47 bits per heavy atom. The lowest BCUT2D eigenvalue weighted by Crippen LogP contribution is -2.33. The highest BCUT2D eigenvalue weighted by Gasteiger charge is 2.37. The van der Waals surface area contributed by atoms with Crippen LogP contribution in [0.2, 0.25) is 5.02 Å². The monoisotopic (exact) mass is 309 g/mol. The molecular formula is C12H14ClF2NO2S. The summed E-state index contributed by atoms with van der Waals surface area (Å²) >= 11 is 6.10. The van der Waals surface area contributed by atoms with E-state index in [9.17, 15) is 17.2 Å². The van der Waals surface area contributed by atoms with Gasteiger partial charge in [-0.3, -0.25) is 4.31 Å². The molecule has 0 amide bonds. The van der Waals surface area contributed by atoms with Crippen molar-refractivity contribution in [3.63, 3.8) is 0 Å². The summed E-state index contributed by atoms with van der Waals surface area (Å²) < 4.78 is 49.3. The number of halogens is 3. The van der Waals surface area contributed by atoms with Gasteiger partial charge in [0.25, 0.3) is 10.0 Å². The highest BCUT2D eigenvalue weighted by atomic mass is 35.5. The molecule has 2 rings (SSSR count). The number of anilines is 1. The summed E-state index contributed by atoms with van der Waals surface area (Å²) in [5.74, 6) is -3.28. The standard InChI is InChI=1S/C12H14ClF2NO2S/c1-7(2)8-5-10(13)9-3-4-16(11(9)6-8)19(17,18)12(14)15/h5-7,12H,3-4H2,1-2H3. The first-order valence-electron chi connectivity index (χ1n) is 5.87. The second kappa shape index (κ2) is 4.90. The van der Waals surface area contributed by atoms with Gasteiger partial charge in [-0.1, -0.05) is 25.4 Å². The lowest BCUT2D eigenvalue weighted by atomic mass is 10.0. The van der Waals surface area contributed by atoms with E-state index in [1.54, 1.807) is 12.1 Å². The van der Waals surface area contributed by atoms with Crippen LogP contribution < -0.4 is 4.31 Å². The van der Waals surface area contributed by atoms with Gasteiger partial charge in [0.1, 0.15) is 0 Å². The summed E-state index contributed by atoms with van der Waals surface area (Å²) in [4.78, 5) is 0. The number of nitrogens with zero attached hydrogens (tertiary/aromatic N) is 1. The molecule has 0 atom stereocenters. The molecule has 0 fully saturated rings. The minimum absolute atomic E-state index is 0.0171. The van der Waals surface area contributed by atoms with Gasteiger partial charge < -0.3 is 0 Å². The molecule has 7 heteroatoms. The maximum absolute atomic E-state index is 12.7. The maximum atomic E-state index is 12.7. The Kier molecular flexibility index (Phi) is 3.75. The van der Waals surface area contributed by atoms with Gasteiger partial charge in [0.2, 0.25) is 0 Å². The Bertz CT molecular complexity index is 602. The van der Waals surface area contributed by atoms with Crippen molar-refractivity contribution >= 4 is 27.3 Å². The van der Waals surface area contributed by atoms with Gasteiger partial charge in [-0.25, -0.2) is 8.42 Å². The predicted molar refractivity (Wildman–Crippen MR) is 71.5 cm³/mol. The lowest BCUT2D eigenvalue weighted by Gasteiger charge is -2.20. The molecule has 106 valence electrons. The number of benzene rings is 1.